The summed E-state index contributed by atoms with van der Waals surface area (Å²) >= 11 is 13.1. The molecule has 128 valence electrons. The highest BCUT2D eigenvalue weighted by atomic mass is 35.5. The third-order valence-corrected chi connectivity index (χ3v) is 5.20. The van der Waals surface area contributed by atoms with E-state index in [4.69, 9.17) is 23.2 Å². The Morgan fingerprint density at radius 3 is 2.54 bits per heavy atom. The van der Waals surface area contributed by atoms with E-state index in [0.717, 1.165) is 15.9 Å². The smallest absolute Gasteiger partial charge is 0.266 e. The number of halogens is 2. The van der Waals surface area contributed by atoms with Gasteiger partial charge < -0.3 is 0 Å². The molecule has 5 nitrogen and oxygen atoms in total. The van der Waals surface area contributed by atoms with E-state index in [1.165, 1.54) is 0 Å². The highest BCUT2D eigenvalue weighted by Gasteiger charge is 2.12. The van der Waals surface area contributed by atoms with Crippen molar-refractivity contribution in [3.05, 3.63) is 89.4 Å². The molecule has 0 aliphatic carbocycles. The van der Waals surface area contributed by atoms with Gasteiger partial charge >= 0.3 is 5.56 Å². The number of hydrogen-bond donors (Lipinski definition) is 0. The summed E-state index contributed by atoms with van der Waals surface area (Å²) in [7, 11) is 0. The Bertz CT molecular complexity index is 1300. The normalized spacial score (nSPS) is 12.0. The Labute approximate surface area is 160 Å². The van der Waals surface area contributed by atoms with Crippen LogP contribution >= 0.6 is 34.5 Å². The average Bonchev–Trinajstić information content (AvgIpc) is 2.92. The van der Waals surface area contributed by atoms with Gasteiger partial charge in [-0.25, -0.2) is 0 Å². The van der Waals surface area contributed by atoms with E-state index in [9.17, 15) is 9.59 Å². The zero-order valence-corrected chi connectivity index (χ0v) is 15.3. The van der Waals surface area contributed by atoms with E-state index in [-0.39, 0.29) is 16.2 Å². The first-order valence-corrected chi connectivity index (χ1v) is 9.06. The molecule has 4 rings (SSSR count). The molecule has 0 saturated carbocycles. The van der Waals surface area contributed by atoms with Gasteiger partial charge in [-0.15, -0.1) is 0 Å². The van der Waals surface area contributed by atoms with Crippen LogP contribution in [0.2, 0.25) is 10.0 Å². The van der Waals surface area contributed by atoms with E-state index in [2.05, 4.69) is 10.1 Å². The average molecular weight is 402 g/mol. The lowest BCUT2D eigenvalue weighted by atomic mass is 10.2. The van der Waals surface area contributed by atoms with Crippen LogP contribution in [0, 0.1) is 0 Å². The molecule has 8 heteroatoms. The van der Waals surface area contributed by atoms with Gasteiger partial charge in [-0.2, -0.15) is 14.6 Å². The van der Waals surface area contributed by atoms with Crippen molar-refractivity contribution in [1.82, 2.24) is 14.6 Å². The van der Waals surface area contributed by atoms with Gasteiger partial charge in [0.1, 0.15) is 0 Å². The number of rotatable bonds is 2. The summed E-state index contributed by atoms with van der Waals surface area (Å²) < 4.78 is 1.52. The van der Waals surface area contributed by atoms with Crippen LogP contribution in [0.15, 0.2) is 58.1 Å². The van der Waals surface area contributed by atoms with Gasteiger partial charge in [0.2, 0.25) is 4.96 Å². The van der Waals surface area contributed by atoms with E-state index >= 15 is 0 Å². The summed E-state index contributed by atoms with van der Waals surface area (Å²) in [6.45, 7) is 0. The van der Waals surface area contributed by atoms with Crippen molar-refractivity contribution in [3.8, 4) is 11.3 Å². The maximum absolute atomic E-state index is 12.7. The fourth-order valence-corrected chi connectivity index (χ4v) is 3.80. The molecule has 0 amide bonds. The summed E-state index contributed by atoms with van der Waals surface area (Å²) in [5, 5.41) is 5.14. The Morgan fingerprint density at radius 2 is 1.81 bits per heavy atom. The van der Waals surface area contributed by atoms with Gasteiger partial charge in [0.15, 0.2) is 5.69 Å². The molecule has 0 bridgehead atoms. The third kappa shape index (κ3) is 3.03. The van der Waals surface area contributed by atoms with Crippen molar-refractivity contribution in [1.29, 1.82) is 0 Å². The standard InChI is InChI=1S/C18H9Cl2N3O2S/c19-12-7-6-11(13(20)9-12)8-14-17(25)23-18(26-14)21-16(24)15(22-23)10-4-2-1-3-5-10/h1-9H. The predicted molar refractivity (Wildman–Crippen MR) is 104 cm³/mol. The van der Waals surface area contributed by atoms with Crippen LogP contribution in [0.4, 0.5) is 0 Å². The minimum Gasteiger partial charge on any atom is -0.266 e. The van der Waals surface area contributed by atoms with Crippen LogP contribution in [-0.2, 0) is 0 Å². The quantitative estimate of drug-likeness (QED) is 0.517. The van der Waals surface area contributed by atoms with Crippen molar-refractivity contribution in [2.75, 3.05) is 0 Å². The number of hydrogen-bond acceptors (Lipinski definition) is 5. The minimum atomic E-state index is -0.478. The summed E-state index contributed by atoms with van der Waals surface area (Å²) in [4.78, 5) is 29.2. The van der Waals surface area contributed by atoms with E-state index < -0.39 is 5.56 Å². The second-order valence-electron chi connectivity index (χ2n) is 5.41. The molecule has 0 radical (unpaired) electrons. The van der Waals surface area contributed by atoms with Crippen LogP contribution in [0.25, 0.3) is 22.3 Å². The van der Waals surface area contributed by atoms with Gasteiger partial charge in [-0.05, 0) is 23.8 Å². The van der Waals surface area contributed by atoms with Crippen molar-refractivity contribution in [2.24, 2.45) is 0 Å². The molecule has 0 unspecified atom stereocenters. The van der Waals surface area contributed by atoms with Crippen molar-refractivity contribution >= 4 is 45.6 Å². The van der Waals surface area contributed by atoms with Gasteiger partial charge in [0, 0.05) is 15.6 Å². The fourth-order valence-electron chi connectivity index (χ4n) is 2.45. The molecule has 2 aromatic heterocycles. The van der Waals surface area contributed by atoms with Crippen molar-refractivity contribution in [3.63, 3.8) is 0 Å². The highest BCUT2D eigenvalue weighted by Crippen LogP contribution is 2.21. The highest BCUT2D eigenvalue weighted by molar-refractivity contribution is 7.15. The van der Waals surface area contributed by atoms with Gasteiger partial charge in [-0.3, -0.25) is 9.59 Å². The molecule has 0 aliphatic heterocycles. The Morgan fingerprint density at radius 1 is 1.04 bits per heavy atom. The molecule has 0 N–H and O–H groups in total. The Balaban J connectivity index is 1.94. The monoisotopic (exact) mass is 401 g/mol. The minimum absolute atomic E-state index is 0.133. The number of benzene rings is 2. The lowest BCUT2D eigenvalue weighted by Crippen LogP contribution is -2.26. The predicted octanol–water partition coefficient (Wildman–Crippen LogP) is 3.03. The van der Waals surface area contributed by atoms with Crippen LogP contribution in [0.1, 0.15) is 5.56 Å². The summed E-state index contributed by atoms with van der Waals surface area (Å²) in [6, 6.07) is 13.9. The fraction of sp³-hybridized carbons (Fsp3) is 0. The van der Waals surface area contributed by atoms with Crippen LogP contribution in [-0.4, -0.2) is 14.6 Å². The van der Waals surface area contributed by atoms with Crippen LogP contribution in [0.5, 0.6) is 0 Å². The first-order chi connectivity index (χ1) is 12.5. The molecule has 2 heterocycles. The Kier molecular flexibility index (Phi) is 4.32. The second-order valence-corrected chi connectivity index (χ2v) is 7.26. The zero-order valence-electron chi connectivity index (χ0n) is 13.0. The lowest BCUT2D eigenvalue weighted by molar-refractivity contribution is 0.873. The van der Waals surface area contributed by atoms with E-state index in [1.807, 2.05) is 6.07 Å². The zero-order chi connectivity index (χ0) is 18.3. The van der Waals surface area contributed by atoms with Crippen molar-refractivity contribution < 1.29 is 0 Å². The van der Waals surface area contributed by atoms with Gasteiger partial charge in [0.05, 0.1) is 4.53 Å². The second kappa shape index (κ2) is 6.64. The number of fused-ring (bicyclic) bond motifs is 1. The maximum atomic E-state index is 12.7. The SMILES string of the molecule is O=c1nc2sc(=Cc3ccc(Cl)cc3Cl)c(=O)n2nc1-c1ccccc1. The summed E-state index contributed by atoms with van der Waals surface area (Å²) in [6.07, 6.45) is 1.63. The molecule has 4 aromatic rings. The number of thiazole rings is 1. The van der Waals surface area contributed by atoms with Gasteiger partial charge in [-0.1, -0.05) is 70.9 Å². The largest absolute Gasteiger partial charge is 0.300 e. The molecule has 26 heavy (non-hydrogen) atoms. The summed E-state index contributed by atoms with van der Waals surface area (Å²) in [5.41, 5.74) is 0.547. The van der Waals surface area contributed by atoms with Crippen LogP contribution in [0.3, 0.4) is 0 Å². The Hall–Kier alpha value is -2.54. The maximum Gasteiger partial charge on any atom is 0.300 e. The first-order valence-electron chi connectivity index (χ1n) is 7.49. The molecule has 0 fully saturated rings. The summed E-state index contributed by atoms with van der Waals surface area (Å²) in [5.74, 6) is 0. The van der Waals surface area contributed by atoms with Gasteiger partial charge in [0.25, 0.3) is 5.56 Å². The van der Waals surface area contributed by atoms with E-state index in [1.54, 1.807) is 48.5 Å². The topological polar surface area (TPSA) is 64.3 Å². The lowest BCUT2D eigenvalue weighted by Gasteiger charge is -1.98. The number of nitrogens with zero attached hydrogens (tertiary/aromatic N) is 3. The molecule has 0 aliphatic rings. The molecule has 0 atom stereocenters. The molecule has 2 aromatic carbocycles. The van der Waals surface area contributed by atoms with Crippen LogP contribution < -0.4 is 15.7 Å². The molecule has 0 saturated heterocycles. The molecular weight excluding hydrogens is 393 g/mol. The number of aromatic nitrogens is 3. The third-order valence-electron chi connectivity index (χ3n) is 3.68. The molecular formula is C18H9Cl2N3O2S. The first kappa shape index (κ1) is 16.9. The molecule has 0 spiro atoms. The van der Waals surface area contributed by atoms with Crippen molar-refractivity contribution in [2.45, 2.75) is 0 Å². The van der Waals surface area contributed by atoms with E-state index in [0.29, 0.717) is 25.7 Å².